The maximum atomic E-state index is 2.65. The van der Waals surface area contributed by atoms with E-state index < -0.39 is 15.5 Å². The van der Waals surface area contributed by atoms with Crippen molar-refractivity contribution in [2.24, 2.45) is 0 Å². The van der Waals surface area contributed by atoms with Crippen molar-refractivity contribution in [3.8, 4) is 0 Å². The predicted octanol–water partition coefficient (Wildman–Crippen LogP) is 4.74. The van der Waals surface area contributed by atoms with Crippen molar-refractivity contribution < 1.29 is 0 Å². The fourth-order valence-electron chi connectivity index (χ4n) is 3.16. The minimum Gasteiger partial charge on any atom is -0.0622 e. The third kappa shape index (κ3) is 4.48. The SMILES string of the molecule is C(P(c1ccccc1)c1ccccc1)=[PH](c1ccccc1)c1ccccc1. The molecule has 0 radical (unpaired) electrons. The van der Waals surface area contributed by atoms with Crippen LogP contribution in [-0.2, 0) is 0 Å². The summed E-state index contributed by atoms with van der Waals surface area (Å²) in [5.41, 5.74) is 2.65. The maximum Gasteiger partial charge on any atom is -0.0156 e. The predicted molar refractivity (Wildman–Crippen MR) is 126 cm³/mol. The quantitative estimate of drug-likeness (QED) is 0.436. The molecule has 4 aromatic carbocycles. The van der Waals surface area contributed by atoms with Gasteiger partial charge < -0.3 is 0 Å². The van der Waals surface area contributed by atoms with Crippen LogP contribution >= 0.6 is 15.5 Å². The third-order valence-electron chi connectivity index (χ3n) is 4.50. The fraction of sp³-hybridized carbons (Fsp3) is 0. The van der Waals surface area contributed by atoms with Crippen molar-refractivity contribution in [3.63, 3.8) is 0 Å². The summed E-state index contributed by atoms with van der Waals surface area (Å²) in [5, 5.41) is 5.70. The molecule has 0 unspecified atom stereocenters. The summed E-state index contributed by atoms with van der Waals surface area (Å²) in [4.78, 5) is 0. The summed E-state index contributed by atoms with van der Waals surface area (Å²) in [6, 6.07) is 43.8. The van der Waals surface area contributed by atoms with E-state index in [1.807, 2.05) is 0 Å². The second-order valence-corrected chi connectivity index (χ2v) is 11.1. The van der Waals surface area contributed by atoms with Gasteiger partial charge in [0.25, 0.3) is 0 Å². The van der Waals surface area contributed by atoms with E-state index in [1.54, 1.807) is 0 Å². The van der Waals surface area contributed by atoms with Gasteiger partial charge in [-0.05, 0) is 34.7 Å². The van der Waals surface area contributed by atoms with Crippen LogP contribution in [0.15, 0.2) is 121 Å². The molecule has 0 bridgehead atoms. The molecule has 2 heteroatoms. The zero-order valence-corrected chi connectivity index (χ0v) is 17.0. The van der Waals surface area contributed by atoms with Crippen molar-refractivity contribution in [3.05, 3.63) is 121 Å². The van der Waals surface area contributed by atoms with E-state index in [0.717, 1.165) is 0 Å². The molecular formula is C25H22P2. The van der Waals surface area contributed by atoms with Gasteiger partial charge in [-0.1, -0.05) is 129 Å². The fourth-order valence-corrected chi connectivity index (χ4v) is 9.29. The highest BCUT2D eigenvalue weighted by molar-refractivity contribution is 7.98. The van der Waals surface area contributed by atoms with Gasteiger partial charge in [0.2, 0.25) is 0 Å². The molecule has 0 aliphatic rings. The largest absolute Gasteiger partial charge is 0.0622 e. The normalized spacial score (nSPS) is 10.9. The average molecular weight is 384 g/mol. The standard InChI is InChI=1S/C25H22P2/c1-5-13-22(14-6-1)26(23-15-7-2-8-16-23)21-27(24-17-9-3-10-18-24)25-19-11-4-12-20-25/h1-21,26H. The molecule has 0 aliphatic heterocycles. The first-order chi connectivity index (χ1) is 13.4. The summed E-state index contributed by atoms with van der Waals surface area (Å²) in [7, 11) is -1.51. The molecule has 0 heterocycles. The molecule has 27 heavy (non-hydrogen) atoms. The van der Waals surface area contributed by atoms with Gasteiger partial charge in [-0.15, -0.1) is 0 Å². The van der Waals surface area contributed by atoms with E-state index in [-0.39, 0.29) is 0 Å². The molecular weight excluding hydrogens is 362 g/mol. The second-order valence-electron chi connectivity index (χ2n) is 6.32. The third-order valence-corrected chi connectivity index (χ3v) is 10.2. The van der Waals surface area contributed by atoms with E-state index >= 15 is 0 Å². The lowest BCUT2D eigenvalue weighted by molar-refractivity contribution is 1.76. The smallest absolute Gasteiger partial charge is 0.0156 e. The van der Waals surface area contributed by atoms with E-state index in [0.29, 0.717) is 0 Å². The van der Waals surface area contributed by atoms with Gasteiger partial charge in [-0.2, -0.15) is 0 Å². The Morgan fingerprint density at radius 1 is 0.444 bits per heavy atom. The van der Waals surface area contributed by atoms with Crippen LogP contribution in [0.25, 0.3) is 0 Å². The van der Waals surface area contributed by atoms with E-state index in [1.165, 1.54) is 21.2 Å². The molecule has 0 nitrogen and oxygen atoms in total. The van der Waals surface area contributed by atoms with Gasteiger partial charge in [0, 0.05) is 0 Å². The van der Waals surface area contributed by atoms with Crippen molar-refractivity contribution in [2.75, 3.05) is 0 Å². The molecule has 0 aromatic heterocycles. The Balaban J connectivity index is 1.90. The first kappa shape index (κ1) is 18.0. The lowest BCUT2D eigenvalue weighted by atomic mass is 10.4. The van der Waals surface area contributed by atoms with Crippen molar-refractivity contribution in [2.45, 2.75) is 0 Å². The summed E-state index contributed by atoms with van der Waals surface area (Å²) >= 11 is 0. The van der Waals surface area contributed by atoms with E-state index in [2.05, 4.69) is 127 Å². The lowest BCUT2D eigenvalue weighted by Gasteiger charge is -2.19. The molecule has 4 aromatic rings. The van der Waals surface area contributed by atoms with Crippen LogP contribution in [-0.4, -0.2) is 5.54 Å². The highest BCUT2D eigenvalue weighted by Gasteiger charge is 2.13. The van der Waals surface area contributed by atoms with Gasteiger partial charge in [0.1, 0.15) is 0 Å². The molecule has 0 aliphatic carbocycles. The molecule has 0 spiro atoms. The number of hydrogen-bond donors (Lipinski definition) is 0. The Bertz CT molecular complexity index is 914. The topological polar surface area (TPSA) is 0 Å². The molecule has 0 saturated heterocycles. The van der Waals surface area contributed by atoms with Crippen LogP contribution < -0.4 is 21.2 Å². The van der Waals surface area contributed by atoms with E-state index in [4.69, 9.17) is 0 Å². The van der Waals surface area contributed by atoms with E-state index in [9.17, 15) is 0 Å². The number of hydrogen-bond acceptors (Lipinski definition) is 0. The van der Waals surface area contributed by atoms with Crippen LogP contribution in [0.4, 0.5) is 0 Å². The second kappa shape index (κ2) is 9.01. The zero-order valence-electron chi connectivity index (χ0n) is 15.1. The highest BCUT2D eigenvalue weighted by atomic mass is 31.2. The van der Waals surface area contributed by atoms with Gasteiger partial charge in [0.05, 0.1) is 0 Å². The molecule has 0 atom stereocenters. The molecule has 0 amide bonds. The Hall–Kier alpha value is -2.39. The van der Waals surface area contributed by atoms with Gasteiger partial charge in [-0.3, -0.25) is 0 Å². The number of rotatable bonds is 5. The van der Waals surface area contributed by atoms with Crippen LogP contribution in [0.3, 0.4) is 0 Å². The molecule has 132 valence electrons. The highest BCUT2D eigenvalue weighted by Crippen LogP contribution is 2.37. The first-order valence-electron chi connectivity index (χ1n) is 9.14. The van der Waals surface area contributed by atoms with Crippen LogP contribution in [0.1, 0.15) is 0 Å². The monoisotopic (exact) mass is 384 g/mol. The Morgan fingerprint density at radius 3 is 1.15 bits per heavy atom. The summed E-state index contributed by atoms with van der Waals surface area (Å²) < 4.78 is 0. The average Bonchev–Trinajstić information content (AvgIpc) is 2.77. The van der Waals surface area contributed by atoms with Gasteiger partial charge in [-0.25, -0.2) is 0 Å². The minimum absolute atomic E-state index is 0.517. The lowest BCUT2D eigenvalue weighted by Crippen LogP contribution is -2.15. The first-order valence-corrected chi connectivity index (χ1v) is 12.1. The number of benzene rings is 4. The summed E-state index contributed by atoms with van der Waals surface area (Å²) in [6.07, 6.45) is 0. The summed E-state index contributed by atoms with van der Waals surface area (Å²) in [6.45, 7) is 0. The van der Waals surface area contributed by atoms with Crippen molar-refractivity contribution >= 4 is 42.2 Å². The summed E-state index contributed by atoms with van der Waals surface area (Å²) in [5.74, 6) is 0. The van der Waals surface area contributed by atoms with Crippen LogP contribution in [0.2, 0.25) is 0 Å². The Kier molecular flexibility index (Phi) is 6.00. The van der Waals surface area contributed by atoms with Crippen LogP contribution in [0, 0.1) is 0 Å². The van der Waals surface area contributed by atoms with Crippen molar-refractivity contribution in [1.29, 1.82) is 0 Å². The zero-order chi connectivity index (χ0) is 18.3. The molecule has 0 N–H and O–H groups in total. The van der Waals surface area contributed by atoms with Crippen LogP contribution in [0.5, 0.6) is 0 Å². The molecule has 0 saturated carbocycles. The maximum absolute atomic E-state index is 2.65. The molecule has 4 rings (SSSR count). The van der Waals surface area contributed by atoms with Gasteiger partial charge >= 0.3 is 0 Å². The van der Waals surface area contributed by atoms with Crippen molar-refractivity contribution in [1.82, 2.24) is 0 Å². The Morgan fingerprint density at radius 2 is 0.778 bits per heavy atom. The molecule has 0 fully saturated rings. The Labute approximate surface area is 163 Å². The van der Waals surface area contributed by atoms with Gasteiger partial charge in [0.15, 0.2) is 0 Å². The minimum atomic E-state index is -0.989.